The molecule has 1 aliphatic heterocycles. The van der Waals surface area contributed by atoms with Gasteiger partial charge in [0.2, 0.25) is 5.91 Å². The lowest BCUT2D eigenvalue weighted by molar-refractivity contribution is -0.130. The van der Waals surface area contributed by atoms with Crippen molar-refractivity contribution in [2.75, 3.05) is 17.3 Å². The van der Waals surface area contributed by atoms with Crippen molar-refractivity contribution in [3.63, 3.8) is 0 Å². The van der Waals surface area contributed by atoms with Gasteiger partial charge in [0, 0.05) is 17.5 Å². The molecular formula is C19H20FNO3S2. The number of hydrogen-bond donors (Lipinski definition) is 0. The molecule has 4 nitrogen and oxygen atoms in total. The van der Waals surface area contributed by atoms with E-state index in [1.807, 2.05) is 30.3 Å². The van der Waals surface area contributed by atoms with Crippen molar-refractivity contribution < 1.29 is 17.6 Å². The van der Waals surface area contributed by atoms with Gasteiger partial charge in [0.1, 0.15) is 5.82 Å². The highest BCUT2D eigenvalue weighted by Crippen LogP contribution is 2.25. The van der Waals surface area contributed by atoms with Crippen LogP contribution in [0.3, 0.4) is 0 Å². The summed E-state index contributed by atoms with van der Waals surface area (Å²) in [4.78, 5) is 14.9. The first-order chi connectivity index (χ1) is 12.4. The second-order valence-corrected chi connectivity index (χ2v) is 9.53. The van der Waals surface area contributed by atoms with Crippen LogP contribution >= 0.6 is 11.8 Å². The van der Waals surface area contributed by atoms with Crippen LogP contribution in [0.2, 0.25) is 0 Å². The van der Waals surface area contributed by atoms with Crippen molar-refractivity contribution >= 4 is 27.5 Å². The largest absolute Gasteiger partial charge is 0.334 e. The Bertz CT molecular complexity index is 871. The van der Waals surface area contributed by atoms with Crippen LogP contribution in [-0.2, 0) is 21.2 Å². The molecule has 0 N–H and O–H groups in total. The van der Waals surface area contributed by atoms with Crippen molar-refractivity contribution in [2.24, 2.45) is 0 Å². The van der Waals surface area contributed by atoms with Crippen LogP contribution in [0.4, 0.5) is 4.39 Å². The maximum Gasteiger partial charge on any atom is 0.233 e. The smallest absolute Gasteiger partial charge is 0.233 e. The van der Waals surface area contributed by atoms with Crippen LogP contribution < -0.4 is 0 Å². The summed E-state index contributed by atoms with van der Waals surface area (Å²) < 4.78 is 37.5. The van der Waals surface area contributed by atoms with Crippen LogP contribution in [-0.4, -0.2) is 42.5 Å². The zero-order valence-electron chi connectivity index (χ0n) is 14.2. The van der Waals surface area contributed by atoms with Crippen LogP contribution in [0, 0.1) is 5.82 Å². The van der Waals surface area contributed by atoms with Gasteiger partial charge in [-0.25, -0.2) is 12.8 Å². The van der Waals surface area contributed by atoms with E-state index in [9.17, 15) is 17.6 Å². The molecule has 0 saturated carbocycles. The van der Waals surface area contributed by atoms with Gasteiger partial charge in [-0.1, -0.05) is 42.5 Å². The van der Waals surface area contributed by atoms with E-state index in [4.69, 9.17) is 0 Å². The maximum atomic E-state index is 13.8. The topological polar surface area (TPSA) is 54.5 Å². The van der Waals surface area contributed by atoms with Gasteiger partial charge < -0.3 is 4.90 Å². The van der Waals surface area contributed by atoms with Crippen LogP contribution in [0.15, 0.2) is 59.5 Å². The molecule has 0 aliphatic carbocycles. The highest BCUT2D eigenvalue weighted by molar-refractivity contribution is 8.00. The monoisotopic (exact) mass is 393 g/mol. The van der Waals surface area contributed by atoms with Gasteiger partial charge in [-0.3, -0.25) is 4.79 Å². The zero-order valence-corrected chi connectivity index (χ0v) is 15.8. The molecule has 1 heterocycles. The average molecular weight is 394 g/mol. The minimum Gasteiger partial charge on any atom is -0.334 e. The molecule has 0 unspecified atom stereocenters. The fourth-order valence-electron chi connectivity index (χ4n) is 3.01. The van der Waals surface area contributed by atoms with Crippen molar-refractivity contribution in [3.8, 4) is 0 Å². The lowest BCUT2D eigenvalue weighted by Crippen LogP contribution is -2.41. The first-order valence-electron chi connectivity index (χ1n) is 8.36. The van der Waals surface area contributed by atoms with Gasteiger partial charge in [0.25, 0.3) is 0 Å². The van der Waals surface area contributed by atoms with E-state index < -0.39 is 9.84 Å². The summed E-state index contributed by atoms with van der Waals surface area (Å²) in [6, 6.07) is 15.5. The van der Waals surface area contributed by atoms with Gasteiger partial charge in [-0.15, -0.1) is 11.8 Å². The van der Waals surface area contributed by atoms with Crippen LogP contribution in [0.1, 0.15) is 12.0 Å². The minimum absolute atomic E-state index is 0.00403. The summed E-state index contributed by atoms with van der Waals surface area (Å²) >= 11 is 1.14. The summed E-state index contributed by atoms with van der Waals surface area (Å²) in [6.07, 6.45) is 0.450. The number of hydrogen-bond acceptors (Lipinski definition) is 4. The number of halogens is 1. The Kier molecular flexibility index (Phi) is 5.98. The fourth-order valence-corrected chi connectivity index (χ4v) is 5.56. The number of rotatable bonds is 6. The normalized spacial score (nSPS) is 18.6. The third-order valence-electron chi connectivity index (χ3n) is 4.35. The molecule has 3 rings (SSSR count). The summed E-state index contributed by atoms with van der Waals surface area (Å²) in [5.74, 6) is -0.357. The quantitative estimate of drug-likeness (QED) is 0.708. The average Bonchev–Trinajstić information content (AvgIpc) is 2.99. The van der Waals surface area contributed by atoms with Crippen LogP contribution in [0.5, 0.6) is 0 Å². The minimum atomic E-state index is -3.10. The van der Waals surface area contributed by atoms with Gasteiger partial charge >= 0.3 is 0 Å². The number of carbonyl (C=O) groups is 1. The standard InChI is InChI=1S/C19H20FNO3S2/c20-17-8-4-5-9-18(17)25-13-19(22)21(12-15-6-2-1-3-7-15)16-10-11-26(23,24)14-16/h1-9,16H,10-14H2/t16-/m0/s1. The van der Waals surface area contributed by atoms with E-state index in [0.717, 1.165) is 17.3 Å². The molecule has 1 amide bonds. The predicted octanol–water partition coefficient (Wildman–Crippen LogP) is 3.13. The van der Waals surface area contributed by atoms with E-state index >= 15 is 0 Å². The predicted molar refractivity (Wildman–Crippen MR) is 101 cm³/mol. The Hall–Kier alpha value is -1.86. The molecule has 0 aromatic heterocycles. The number of benzene rings is 2. The second-order valence-electron chi connectivity index (χ2n) is 6.28. The fraction of sp³-hybridized carbons (Fsp3) is 0.316. The van der Waals surface area contributed by atoms with Crippen molar-refractivity contribution in [3.05, 3.63) is 66.0 Å². The molecule has 2 aromatic rings. The van der Waals surface area contributed by atoms with Crippen molar-refractivity contribution in [1.82, 2.24) is 4.90 Å². The Morgan fingerprint density at radius 2 is 1.81 bits per heavy atom. The molecule has 1 atom stereocenters. The second kappa shape index (κ2) is 8.22. The molecule has 138 valence electrons. The number of amides is 1. The number of carbonyl (C=O) groups excluding carboxylic acids is 1. The van der Waals surface area contributed by atoms with Crippen molar-refractivity contribution in [2.45, 2.75) is 23.9 Å². The molecule has 2 aromatic carbocycles. The van der Waals surface area contributed by atoms with E-state index in [-0.39, 0.29) is 35.0 Å². The molecule has 0 radical (unpaired) electrons. The lowest BCUT2D eigenvalue weighted by atomic mass is 10.1. The molecular weight excluding hydrogens is 373 g/mol. The number of nitrogens with zero attached hydrogens (tertiary/aromatic N) is 1. The number of thioether (sulfide) groups is 1. The van der Waals surface area contributed by atoms with Gasteiger partial charge in [0.05, 0.1) is 17.3 Å². The van der Waals surface area contributed by atoms with E-state index in [0.29, 0.717) is 17.9 Å². The molecule has 7 heteroatoms. The first kappa shape index (κ1) is 18.9. The first-order valence-corrected chi connectivity index (χ1v) is 11.2. The lowest BCUT2D eigenvalue weighted by Gasteiger charge is -2.28. The van der Waals surface area contributed by atoms with E-state index in [1.54, 1.807) is 23.1 Å². The highest BCUT2D eigenvalue weighted by Gasteiger charge is 2.34. The Balaban J connectivity index is 1.74. The molecule has 1 fully saturated rings. The summed E-state index contributed by atoms with van der Waals surface area (Å²) in [5, 5.41) is 0. The zero-order chi connectivity index (χ0) is 18.6. The molecule has 1 saturated heterocycles. The van der Waals surface area contributed by atoms with E-state index in [2.05, 4.69) is 0 Å². The number of sulfone groups is 1. The molecule has 1 aliphatic rings. The van der Waals surface area contributed by atoms with Crippen LogP contribution in [0.25, 0.3) is 0 Å². The Morgan fingerprint density at radius 3 is 2.46 bits per heavy atom. The summed E-state index contributed by atoms with van der Waals surface area (Å²) in [7, 11) is -3.10. The van der Waals surface area contributed by atoms with Crippen molar-refractivity contribution in [1.29, 1.82) is 0 Å². The van der Waals surface area contributed by atoms with E-state index in [1.165, 1.54) is 6.07 Å². The third-order valence-corrected chi connectivity index (χ3v) is 7.14. The summed E-state index contributed by atoms with van der Waals surface area (Å²) in [6.45, 7) is 0.359. The molecule has 26 heavy (non-hydrogen) atoms. The Morgan fingerprint density at radius 1 is 1.12 bits per heavy atom. The third kappa shape index (κ3) is 4.86. The maximum absolute atomic E-state index is 13.8. The Labute approximate surface area is 157 Å². The highest BCUT2D eigenvalue weighted by atomic mass is 32.2. The van der Waals surface area contributed by atoms with Gasteiger partial charge in [-0.2, -0.15) is 0 Å². The molecule has 0 spiro atoms. The summed E-state index contributed by atoms with van der Waals surface area (Å²) in [5.41, 5.74) is 0.945. The SMILES string of the molecule is O=C(CSc1ccccc1F)N(Cc1ccccc1)[C@H]1CCS(=O)(=O)C1. The van der Waals surface area contributed by atoms with Gasteiger partial charge in [0.15, 0.2) is 9.84 Å². The van der Waals surface area contributed by atoms with Gasteiger partial charge in [-0.05, 0) is 24.1 Å². The molecule has 0 bridgehead atoms.